The molecule has 1 aromatic carbocycles. The number of nitrogens with zero attached hydrogens (tertiary/aromatic N) is 3. The minimum atomic E-state index is 0.379. The highest BCUT2D eigenvalue weighted by atomic mass is 15.4. The van der Waals surface area contributed by atoms with Crippen molar-refractivity contribution >= 4 is 16.7 Å². The lowest BCUT2D eigenvalue weighted by molar-refractivity contribution is 0.430. The van der Waals surface area contributed by atoms with E-state index in [9.17, 15) is 0 Å². The molecule has 0 saturated heterocycles. The lowest BCUT2D eigenvalue weighted by Crippen LogP contribution is -2.10. The quantitative estimate of drug-likeness (QED) is 0.828. The highest BCUT2D eigenvalue weighted by Crippen LogP contribution is 2.29. The largest absolute Gasteiger partial charge is 0.397 e. The number of benzene rings is 1. The number of nitrogens with two attached hydrogens (primary N) is 1. The molecule has 4 nitrogen and oxygen atoms in total. The molecule has 17 heavy (non-hydrogen) atoms. The van der Waals surface area contributed by atoms with E-state index in [-0.39, 0.29) is 0 Å². The third kappa shape index (κ3) is 1.77. The van der Waals surface area contributed by atoms with Crippen LogP contribution in [-0.4, -0.2) is 15.0 Å². The minimum absolute atomic E-state index is 0.379. The van der Waals surface area contributed by atoms with Crippen LogP contribution in [0, 0.1) is 13.8 Å². The predicted molar refractivity (Wildman–Crippen MR) is 71.0 cm³/mol. The number of hydrogen-bond acceptors (Lipinski definition) is 3. The zero-order valence-electron chi connectivity index (χ0n) is 11.0. The van der Waals surface area contributed by atoms with Gasteiger partial charge < -0.3 is 5.73 Å². The first-order chi connectivity index (χ1) is 8.10. The average Bonchev–Trinajstić information content (AvgIpc) is 2.72. The van der Waals surface area contributed by atoms with Crippen LogP contribution in [0.2, 0.25) is 0 Å². The van der Waals surface area contributed by atoms with E-state index >= 15 is 0 Å². The maximum atomic E-state index is 6.21. The molecule has 0 radical (unpaired) electrons. The fraction of sp³-hybridized carbons (Fsp3) is 0.538. The molecule has 0 bridgehead atoms. The van der Waals surface area contributed by atoms with E-state index < -0.39 is 0 Å². The Bertz CT molecular complexity index is 538. The lowest BCUT2D eigenvalue weighted by Gasteiger charge is -2.15. The summed E-state index contributed by atoms with van der Waals surface area (Å²) in [7, 11) is 0. The summed E-state index contributed by atoms with van der Waals surface area (Å²) in [6, 6.07) is 2.44. The third-order valence-electron chi connectivity index (χ3n) is 3.61. The first kappa shape index (κ1) is 11.9. The minimum Gasteiger partial charge on any atom is -0.397 e. The van der Waals surface area contributed by atoms with Crippen molar-refractivity contribution in [1.82, 2.24) is 15.0 Å². The van der Waals surface area contributed by atoms with Crippen LogP contribution in [0.5, 0.6) is 0 Å². The van der Waals surface area contributed by atoms with Crippen molar-refractivity contribution in [1.29, 1.82) is 0 Å². The van der Waals surface area contributed by atoms with Crippen LogP contribution in [0.3, 0.4) is 0 Å². The molecule has 0 aliphatic heterocycles. The van der Waals surface area contributed by atoms with Crippen LogP contribution >= 0.6 is 0 Å². The van der Waals surface area contributed by atoms with Crippen LogP contribution in [0.25, 0.3) is 11.0 Å². The second kappa shape index (κ2) is 4.35. The maximum Gasteiger partial charge on any atom is 0.115 e. The zero-order valence-corrected chi connectivity index (χ0v) is 11.0. The van der Waals surface area contributed by atoms with Gasteiger partial charge in [-0.3, -0.25) is 0 Å². The fourth-order valence-corrected chi connectivity index (χ4v) is 2.26. The van der Waals surface area contributed by atoms with Crippen molar-refractivity contribution in [3.63, 3.8) is 0 Å². The molecule has 2 rings (SSSR count). The lowest BCUT2D eigenvalue weighted by atomic mass is 10.1. The van der Waals surface area contributed by atoms with Crippen molar-refractivity contribution in [3.05, 3.63) is 17.2 Å². The Balaban J connectivity index is 2.71. The molecule has 0 saturated carbocycles. The number of hydrogen-bond donors (Lipinski definition) is 1. The van der Waals surface area contributed by atoms with Gasteiger partial charge in [-0.25, -0.2) is 4.68 Å². The molecule has 0 aliphatic rings. The molecule has 0 amide bonds. The monoisotopic (exact) mass is 232 g/mol. The molecular formula is C13H20N4. The van der Waals surface area contributed by atoms with Gasteiger partial charge in [-0.15, -0.1) is 5.10 Å². The van der Waals surface area contributed by atoms with E-state index in [1.54, 1.807) is 0 Å². The van der Waals surface area contributed by atoms with Crippen LogP contribution < -0.4 is 5.73 Å². The summed E-state index contributed by atoms with van der Waals surface area (Å²) in [6.07, 6.45) is 2.09. The van der Waals surface area contributed by atoms with Crippen LogP contribution in [-0.2, 0) is 0 Å². The molecule has 0 spiro atoms. The molecular weight excluding hydrogens is 212 g/mol. The highest BCUT2D eigenvalue weighted by molar-refractivity contribution is 5.89. The number of rotatable bonds is 3. The SMILES string of the molecule is CCC(CC)n1nnc2cc(C)c(C)c(N)c21. The maximum absolute atomic E-state index is 6.21. The summed E-state index contributed by atoms with van der Waals surface area (Å²) in [5.74, 6) is 0. The van der Waals surface area contributed by atoms with E-state index in [1.807, 2.05) is 11.6 Å². The second-order valence-electron chi connectivity index (χ2n) is 4.60. The molecule has 1 aromatic heterocycles. The highest BCUT2D eigenvalue weighted by Gasteiger charge is 2.16. The van der Waals surface area contributed by atoms with E-state index in [4.69, 9.17) is 5.73 Å². The van der Waals surface area contributed by atoms with Crippen molar-refractivity contribution in [3.8, 4) is 0 Å². The first-order valence-electron chi connectivity index (χ1n) is 6.20. The van der Waals surface area contributed by atoms with Crippen molar-refractivity contribution < 1.29 is 0 Å². The predicted octanol–water partition coefficient (Wildman–Crippen LogP) is 2.99. The summed E-state index contributed by atoms with van der Waals surface area (Å²) < 4.78 is 1.98. The molecule has 1 heterocycles. The number of aromatic nitrogens is 3. The van der Waals surface area contributed by atoms with E-state index in [0.717, 1.165) is 35.1 Å². The molecule has 92 valence electrons. The zero-order chi connectivity index (χ0) is 12.6. The summed E-state index contributed by atoms with van der Waals surface area (Å²) in [4.78, 5) is 0. The van der Waals surface area contributed by atoms with E-state index in [1.165, 1.54) is 5.56 Å². The Kier molecular flexibility index (Phi) is 3.05. The Hall–Kier alpha value is -1.58. The van der Waals surface area contributed by atoms with Gasteiger partial charge in [0.15, 0.2) is 0 Å². The Morgan fingerprint density at radius 3 is 2.53 bits per heavy atom. The van der Waals surface area contributed by atoms with Gasteiger partial charge >= 0.3 is 0 Å². The summed E-state index contributed by atoms with van der Waals surface area (Å²) in [6.45, 7) is 8.44. The fourth-order valence-electron chi connectivity index (χ4n) is 2.26. The molecule has 0 fully saturated rings. The Morgan fingerprint density at radius 2 is 1.94 bits per heavy atom. The second-order valence-corrected chi connectivity index (χ2v) is 4.60. The van der Waals surface area contributed by atoms with E-state index in [0.29, 0.717) is 6.04 Å². The van der Waals surface area contributed by atoms with Gasteiger partial charge in [0, 0.05) is 0 Å². The smallest absolute Gasteiger partial charge is 0.115 e. The standard InChI is InChI=1S/C13H20N4/c1-5-10(6-2)17-13-11(15-16-17)7-8(3)9(4)12(13)14/h7,10H,5-6,14H2,1-4H3. The Labute approximate surface area is 102 Å². The van der Waals surface area contributed by atoms with Gasteiger partial charge in [0.25, 0.3) is 0 Å². The average molecular weight is 232 g/mol. The molecule has 0 unspecified atom stereocenters. The van der Waals surface area contributed by atoms with Crippen LogP contribution in [0.1, 0.15) is 43.9 Å². The molecule has 4 heteroatoms. The van der Waals surface area contributed by atoms with Gasteiger partial charge in [0.2, 0.25) is 0 Å². The number of nitrogen functional groups attached to an aromatic ring is 1. The number of fused-ring (bicyclic) bond motifs is 1. The van der Waals surface area contributed by atoms with Crippen molar-refractivity contribution in [2.75, 3.05) is 5.73 Å². The van der Waals surface area contributed by atoms with Gasteiger partial charge in [-0.2, -0.15) is 0 Å². The van der Waals surface area contributed by atoms with Gasteiger partial charge in [-0.05, 0) is 43.9 Å². The molecule has 2 aromatic rings. The third-order valence-corrected chi connectivity index (χ3v) is 3.61. The number of anilines is 1. The number of aryl methyl sites for hydroxylation is 1. The van der Waals surface area contributed by atoms with Crippen molar-refractivity contribution in [2.45, 2.75) is 46.6 Å². The van der Waals surface area contributed by atoms with E-state index in [2.05, 4.69) is 37.1 Å². The summed E-state index contributed by atoms with van der Waals surface area (Å²) in [5.41, 5.74) is 11.2. The summed E-state index contributed by atoms with van der Waals surface area (Å²) in [5, 5.41) is 8.50. The Morgan fingerprint density at radius 1 is 1.29 bits per heavy atom. The van der Waals surface area contributed by atoms with Gasteiger partial charge in [0.05, 0.1) is 11.7 Å². The topological polar surface area (TPSA) is 56.7 Å². The van der Waals surface area contributed by atoms with Crippen LogP contribution in [0.4, 0.5) is 5.69 Å². The molecule has 0 aliphatic carbocycles. The molecule has 0 atom stereocenters. The normalized spacial score (nSPS) is 11.6. The first-order valence-corrected chi connectivity index (χ1v) is 6.20. The molecule has 2 N–H and O–H groups in total. The van der Waals surface area contributed by atoms with Gasteiger partial charge in [-0.1, -0.05) is 19.1 Å². The van der Waals surface area contributed by atoms with Crippen LogP contribution in [0.15, 0.2) is 6.07 Å². The van der Waals surface area contributed by atoms with Crippen molar-refractivity contribution in [2.24, 2.45) is 0 Å². The summed E-state index contributed by atoms with van der Waals surface area (Å²) >= 11 is 0. The van der Waals surface area contributed by atoms with Gasteiger partial charge in [0.1, 0.15) is 11.0 Å².